The van der Waals surface area contributed by atoms with Crippen LogP contribution in [-0.2, 0) is 14.3 Å². The van der Waals surface area contributed by atoms with Crippen LogP contribution in [0.15, 0.2) is 18.2 Å². The number of carbonyl (C=O) groups is 3. The molecule has 0 spiro atoms. The molecule has 0 aliphatic carbocycles. The third kappa shape index (κ3) is 7.56. The van der Waals surface area contributed by atoms with Crippen LogP contribution in [0.4, 0.5) is 4.39 Å². The molecule has 39 heavy (non-hydrogen) atoms. The van der Waals surface area contributed by atoms with Gasteiger partial charge in [0.25, 0.3) is 5.91 Å². The van der Waals surface area contributed by atoms with E-state index in [9.17, 15) is 14.4 Å². The van der Waals surface area contributed by atoms with Gasteiger partial charge in [0.05, 0.1) is 17.6 Å². The molecule has 3 rings (SSSR count). The number of hydrogen-bond acceptors (Lipinski definition) is 6. The van der Waals surface area contributed by atoms with Gasteiger partial charge in [0.15, 0.2) is 0 Å². The highest BCUT2D eigenvalue weighted by Crippen LogP contribution is 2.30. The molecule has 2 amide bonds. The molecule has 2 heterocycles. The van der Waals surface area contributed by atoms with Crippen molar-refractivity contribution < 1.29 is 23.5 Å². The van der Waals surface area contributed by atoms with Crippen molar-refractivity contribution in [1.29, 1.82) is 5.41 Å². The number of amidine groups is 1. The lowest BCUT2D eigenvalue weighted by molar-refractivity contribution is -0.145. The largest absolute Gasteiger partial charge is 0.466 e. The maximum atomic E-state index is 15.1. The van der Waals surface area contributed by atoms with E-state index in [2.05, 4.69) is 10.2 Å². The highest BCUT2D eigenvalue weighted by Gasteiger charge is 2.41. The Labute approximate surface area is 231 Å². The number of piperazine rings is 1. The number of esters is 1. The number of rotatable bonds is 9. The van der Waals surface area contributed by atoms with Crippen LogP contribution in [0.1, 0.15) is 69.3 Å². The summed E-state index contributed by atoms with van der Waals surface area (Å²) in [6, 6.07) is 3.77. The number of nitrogens with one attached hydrogen (secondary N) is 2. The van der Waals surface area contributed by atoms with Crippen molar-refractivity contribution in [2.45, 2.75) is 59.4 Å². The van der Waals surface area contributed by atoms with Crippen LogP contribution >= 0.6 is 0 Å². The van der Waals surface area contributed by atoms with Crippen molar-refractivity contribution in [3.05, 3.63) is 35.1 Å². The van der Waals surface area contributed by atoms with Gasteiger partial charge in [0.1, 0.15) is 11.7 Å². The van der Waals surface area contributed by atoms with Gasteiger partial charge in [-0.3, -0.25) is 19.8 Å². The monoisotopic (exact) mass is 545 g/mol. The Balaban J connectivity index is 1.61. The van der Waals surface area contributed by atoms with Gasteiger partial charge in [-0.2, -0.15) is 0 Å². The van der Waals surface area contributed by atoms with Gasteiger partial charge in [0, 0.05) is 57.3 Å². The van der Waals surface area contributed by atoms with Crippen molar-refractivity contribution >= 4 is 23.6 Å². The van der Waals surface area contributed by atoms with Gasteiger partial charge in [-0.1, -0.05) is 13.0 Å². The highest BCUT2D eigenvalue weighted by molar-refractivity contribution is 5.99. The molecule has 0 radical (unpaired) electrons. The number of likely N-dealkylation sites (N-methyl/N-ethyl adjacent to an activating group) is 1. The first-order valence-electron chi connectivity index (χ1n) is 14.1. The highest BCUT2D eigenvalue weighted by atomic mass is 19.1. The Morgan fingerprint density at radius 2 is 1.72 bits per heavy atom. The van der Waals surface area contributed by atoms with E-state index in [4.69, 9.17) is 10.1 Å². The Morgan fingerprint density at radius 3 is 2.28 bits per heavy atom. The van der Waals surface area contributed by atoms with Crippen molar-refractivity contribution in [2.24, 2.45) is 11.3 Å². The molecule has 1 unspecified atom stereocenters. The summed E-state index contributed by atoms with van der Waals surface area (Å²) in [5, 5.41) is 11.4. The van der Waals surface area contributed by atoms with Gasteiger partial charge in [-0.15, -0.1) is 0 Å². The van der Waals surface area contributed by atoms with E-state index in [1.165, 1.54) is 12.1 Å². The zero-order chi connectivity index (χ0) is 28.7. The summed E-state index contributed by atoms with van der Waals surface area (Å²) in [6.07, 6.45) is 2.32. The number of ether oxygens (including phenoxy) is 1. The minimum Gasteiger partial charge on any atom is -0.466 e. The number of benzene rings is 1. The molecule has 0 saturated carbocycles. The molecule has 1 atom stereocenters. The van der Waals surface area contributed by atoms with E-state index in [-0.39, 0.29) is 29.2 Å². The maximum Gasteiger partial charge on any atom is 0.306 e. The van der Waals surface area contributed by atoms with Gasteiger partial charge < -0.3 is 24.8 Å². The molecule has 0 aromatic heterocycles. The number of hydrogen-bond donors (Lipinski definition) is 2. The minimum absolute atomic E-state index is 0.0688. The van der Waals surface area contributed by atoms with Gasteiger partial charge in [-0.25, -0.2) is 4.39 Å². The zero-order valence-electron chi connectivity index (χ0n) is 24.0. The lowest BCUT2D eigenvalue weighted by Crippen LogP contribution is -2.54. The second-order valence-corrected chi connectivity index (χ2v) is 11.2. The van der Waals surface area contributed by atoms with Crippen LogP contribution < -0.4 is 5.32 Å². The summed E-state index contributed by atoms with van der Waals surface area (Å²) in [4.78, 5) is 44.3. The fourth-order valence-corrected chi connectivity index (χ4v) is 5.44. The Morgan fingerprint density at radius 1 is 1.08 bits per heavy atom. The Hall–Kier alpha value is -3.01. The van der Waals surface area contributed by atoms with Crippen LogP contribution in [-0.4, -0.2) is 97.3 Å². The molecule has 1 aromatic rings. The van der Waals surface area contributed by atoms with E-state index < -0.39 is 23.2 Å². The molecular formula is C29H44FN5O4. The lowest BCUT2D eigenvalue weighted by Gasteiger charge is -2.40. The molecular weight excluding hydrogens is 501 g/mol. The normalized spacial score (nSPS) is 18.0. The molecule has 2 saturated heterocycles. The quantitative estimate of drug-likeness (QED) is 0.281. The Kier molecular flexibility index (Phi) is 10.5. The first-order valence-corrected chi connectivity index (χ1v) is 14.1. The predicted molar refractivity (Wildman–Crippen MR) is 148 cm³/mol. The molecule has 216 valence electrons. The Bertz CT molecular complexity index is 1050. The summed E-state index contributed by atoms with van der Waals surface area (Å²) in [6.45, 7) is 11.8. The molecule has 0 bridgehead atoms. The smallest absolute Gasteiger partial charge is 0.306 e. The second-order valence-electron chi connectivity index (χ2n) is 11.2. The topological polar surface area (TPSA) is 106 Å². The van der Waals surface area contributed by atoms with Crippen molar-refractivity contribution in [3.63, 3.8) is 0 Å². The first kappa shape index (κ1) is 30.5. The van der Waals surface area contributed by atoms with Crippen LogP contribution in [0.3, 0.4) is 0 Å². The molecule has 2 aliphatic rings. The van der Waals surface area contributed by atoms with Crippen LogP contribution in [0, 0.1) is 22.6 Å². The second kappa shape index (κ2) is 13.4. The molecule has 1 aromatic carbocycles. The van der Waals surface area contributed by atoms with Gasteiger partial charge in [0.2, 0.25) is 5.91 Å². The fourth-order valence-electron chi connectivity index (χ4n) is 5.44. The zero-order valence-corrected chi connectivity index (χ0v) is 24.0. The van der Waals surface area contributed by atoms with E-state index in [1.54, 1.807) is 17.9 Å². The van der Waals surface area contributed by atoms with Gasteiger partial charge in [-0.05, 0) is 65.1 Å². The lowest BCUT2D eigenvalue weighted by atomic mass is 9.80. The number of carbonyl (C=O) groups excluding carboxylic acids is 3. The summed E-state index contributed by atoms with van der Waals surface area (Å²) in [5.74, 6) is -1.09. The third-order valence-electron chi connectivity index (χ3n) is 8.10. The van der Waals surface area contributed by atoms with E-state index >= 15 is 4.39 Å². The average Bonchev–Trinajstić information content (AvgIpc) is 2.91. The van der Waals surface area contributed by atoms with Crippen molar-refractivity contribution in [3.8, 4) is 0 Å². The van der Waals surface area contributed by atoms with E-state index in [1.807, 2.05) is 32.7 Å². The molecule has 2 aliphatic heterocycles. The van der Waals surface area contributed by atoms with Crippen LogP contribution in [0.25, 0.3) is 0 Å². The molecule has 9 nitrogen and oxygen atoms in total. The summed E-state index contributed by atoms with van der Waals surface area (Å²) in [5.41, 5.74) is -0.577. The number of amides is 2. The molecule has 2 N–H and O–H groups in total. The van der Waals surface area contributed by atoms with Crippen LogP contribution in [0.5, 0.6) is 0 Å². The number of nitrogens with zero attached hydrogens (tertiary/aromatic N) is 3. The van der Waals surface area contributed by atoms with E-state index in [0.717, 1.165) is 25.9 Å². The number of likely N-dealkylation sites (tertiary alicyclic amines) is 1. The standard InChI is InChI=1S/C29H44FN5O4/c1-6-24(29(3,4)28(38)35-12-10-20(11-13-35)18-25(36)39-7-2)32-27(37)22-9-8-21(19-23(22)30)26(31)34-16-14-33(5)15-17-34/h8-9,19-20,24,31H,6-7,10-18H2,1-5H3,(H,32,37). The van der Waals surface area contributed by atoms with Crippen molar-refractivity contribution in [1.82, 2.24) is 20.0 Å². The van der Waals surface area contributed by atoms with Crippen molar-refractivity contribution in [2.75, 3.05) is 52.9 Å². The summed E-state index contributed by atoms with van der Waals surface area (Å²) < 4.78 is 20.1. The SMILES string of the molecule is CCOC(=O)CC1CCN(C(=O)C(C)(C)C(CC)NC(=O)c2ccc(C(=N)N3CCN(C)CC3)cc2F)CC1. The minimum atomic E-state index is -0.904. The average molecular weight is 546 g/mol. The molecule has 2 fully saturated rings. The number of piperidine rings is 1. The maximum absolute atomic E-state index is 15.1. The third-order valence-corrected chi connectivity index (χ3v) is 8.10. The first-order chi connectivity index (χ1) is 18.5. The fraction of sp³-hybridized carbons (Fsp3) is 0.655. The molecule has 10 heteroatoms. The summed E-state index contributed by atoms with van der Waals surface area (Å²) in [7, 11) is 2.03. The number of halogens is 1. The van der Waals surface area contributed by atoms with E-state index in [0.29, 0.717) is 51.2 Å². The summed E-state index contributed by atoms with van der Waals surface area (Å²) >= 11 is 0. The van der Waals surface area contributed by atoms with Crippen LogP contribution in [0.2, 0.25) is 0 Å². The van der Waals surface area contributed by atoms with Gasteiger partial charge >= 0.3 is 5.97 Å². The predicted octanol–water partition coefficient (Wildman–Crippen LogP) is 3.12.